The largest absolute Gasteiger partial charge is 0.418 e. The number of halogens is 4. The van der Waals surface area contributed by atoms with Crippen molar-refractivity contribution in [3.63, 3.8) is 0 Å². The van der Waals surface area contributed by atoms with Gasteiger partial charge >= 0.3 is 6.18 Å². The highest BCUT2D eigenvalue weighted by Gasteiger charge is 2.60. The van der Waals surface area contributed by atoms with Gasteiger partial charge in [-0.05, 0) is 68.6 Å². The Bertz CT molecular complexity index is 825. The molecule has 4 fully saturated rings. The Labute approximate surface area is 166 Å². The number of anilines is 2. The van der Waals surface area contributed by atoms with Crippen LogP contribution in [-0.2, 0) is 15.8 Å². The van der Waals surface area contributed by atoms with Gasteiger partial charge in [-0.25, -0.2) is 0 Å². The monoisotopic (exact) mass is 414 g/mol. The van der Waals surface area contributed by atoms with Gasteiger partial charge in [0, 0.05) is 17.5 Å². The van der Waals surface area contributed by atoms with E-state index in [2.05, 4.69) is 10.6 Å². The number of hydrogen-bond donors (Lipinski definition) is 2. The fraction of sp³-hybridized carbons (Fsp3) is 0.600. The molecule has 2 N–H and O–H groups in total. The van der Waals surface area contributed by atoms with Gasteiger partial charge in [0.25, 0.3) is 0 Å². The molecule has 0 saturated heterocycles. The van der Waals surface area contributed by atoms with Crippen molar-refractivity contribution in [2.45, 2.75) is 56.5 Å². The molecule has 1 aromatic carbocycles. The number of carbonyl (C=O) groups excluding carboxylic acids is 2. The standard InChI is InChI=1S/C20H22ClF3N2O2/c1-11(27)25-14-2-3-16(15(5-14)20(22,23)24)26-17(28)18-6-12-4-13(7-18)9-19(21,8-12)10-18/h2-3,5,12-13H,4,6-10H2,1H3,(H,25,27)(H,26,28)/t12-,13-,18?,19?/m1/s1. The maximum atomic E-state index is 13.6. The van der Waals surface area contributed by atoms with Crippen molar-refractivity contribution in [3.8, 4) is 0 Å². The van der Waals surface area contributed by atoms with Gasteiger partial charge in [0.05, 0.1) is 16.7 Å². The van der Waals surface area contributed by atoms with Gasteiger partial charge in [-0.15, -0.1) is 11.6 Å². The average molecular weight is 415 g/mol. The van der Waals surface area contributed by atoms with E-state index in [4.69, 9.17) is 11.6 Å². The molecule has 28 heavy (non-hydrogen) atoms. The van der Waals surface area contributed by atoms with Gasteiger partial charge < -0.3 is 10.6 Å². The van der Waals surface area contributed by atoms with E-state index in [1.54, 1.807) is 0 Å². The number of rotatable bonds is 3. The molecule has 8 heteroatoms. The Hall–Kier alpha value is -1.76. The minimum atomic E-state index is -4.66. The first-order valence-corrected chi connectivity index (χ1v) is 9.85. The molecule has 4 aliphatic carbocycles. The van der Waals surface area contributed by atoms with Crippen LogP contribution in [0.4, 0.5) is 24.5 Å². The molecular formula is C20H22ClF3N2O2. The lowest BCUT2D eigenvalue weighted by Crippen LogP contribution is -2.57. The van der Waals surface area contributed by atoms with E-state index in [0.29, 0.717) is 31.1 Å². The van der Waals surface area contributed by atoms with Crippen LogP contribution in [0.25, 0.3) is 0 Å². The maximum absolute atomic E-state index is 13.6. The van der Waals surface area contributed by atoms with Crippen LogP contribution in [0.1, 0.15) is 51.0 Å². The summed E-state index contributed by atoms with van der Waals surface area (Å²) < 4.78 is 40.7. The SMILES string of the molecule is CC(=O)Nc1ccc(NC(=O)C23C[C@H]4C[C@@H](CC(Cl)(C4)C2)C3)c(C(F)(F)F)c1. The van der Waals surface area contributed by atoms with Crippen LogP contribution < -0.4 is 10.6 Å². The van der Waals surface area contributed by atoms with E-state index in [0.717, 1.165) is 25.3 Å². The molecule has 0 radical (unpaired) electrons. The second-order valence-corrected chi connectivity index (χ2v) is 9.59. The highest BCUT2D eigenvalue weighted by molar-refractivity contribution is 6.24. The summed E-state index contributed by atoms with van der Waals surface area (Å²) in [6.07, 6.45) is 0.0730. The van der Waals surface area contributed by atoms with Crippen LogP contribution in [-0.4, -0.2) is 16.7 Å². The summed E-state index contributed by atoms with van der Waals surface area (Å²) in [5, 5.41) is 4.88. The molecule has 0 aliphatic heterocycles. The zero-order valence-corrected chi connectivity index (χ0v) is 16.2. The van der Waals surface area contributed by atoms with E-state index >= 15 is 0 Å². The van der Waals surface area contributed by atoms with E-state index in [1.165, 1.54) is 19.1 Å². The van der Waals surface area contributed by atoms with E-state index in [-0.39, 0.29) is 17.3 Å². The predicted octanol–water partition coefficient (Wildman–Crippen LogP) is 5.18. The molecule has 152 valence electrons. The van der Waals surface area contributed by atoms with E-state index in [1.807, 2.05) is 0 Å². The summed E-state index contributed by atoms with van der Waals surface area (Å²) in [7, 11) is 0. The first-order chi connectivity index (χ1) is 13.0. The minimum Gasteiger partial charge on any atom is -0.326 e. The number of hydrogen-bond acceptors (Lipinski definition) is 2. The molecular weight excluding hydrogens is 393 g/mol. The molecule has 0 unspecified atom stereocenters. The summed E-state index contributed by atoms with van der Waals surface area (Å²) >= 11 is 6.74. The van der Waals surface area contributed by atoms with Gasteiger partial charge in [0.15, 0.2) is 0 Å². The van der Waals surface area contributed by atoms with E-state index < -0.39 is 27.9 Å². The van der Waals surface area contributed by atoms with Crippen LogP contribution in [0.2, 0.25) is 0 Å². The first kappa shape index (κ1) is 19.6. The minimum absolute atomic E-state index is 0.0346. The van der Waals surface area contributed by atoms with Crippen molar-refractivity contribution in [1.82, 2.24) is 0 Å². The Morgan fingerprint density at radius 3 is 2.29 bits per heavy atom. The smallest absolute Gasteiger partial charge is 0.326 e. The lowest BCUT2D eigenvalue weighted by molar-refractivity contribution is -0.139. The predicted molar refractivity (Wildman–Crippen MR) is 100 cm³/mol. The molecule has 4 bridgehead atoms. The van der Waals surface area contributed by atoms with Crippen molar-refractivity contribution in [2.75, 3.05) is 10.6 Å². The van der Waals surface area contributed by atoms with Crippen molar-refractivity contribution in [1.29, 1.82) is 0 Å². The Kier molecular flexibility index (Phi) is 4.45. The van der Waals surface area contributed by atoms with Gasteiger partial charge in [-0.2, -0.15) is 13.2 Å². The van der Waals surface area contributed by atoms with Crippen molar-refractivity contribution in [3.05, 3.63) is 23.8 Å². The molecule has 2 atom stereocenters. The first-order valence-electron chi connectivity index (χ1n) is 9.47. The molecule has 0 heterocycles. The molecule has 4 aliphatic rings. The lowest BCUT2D eigenvalue weighted by atomic mass is 9.49. The zero-order valence-electron chi connectivity index (χ0n) is 15.5. The van der Waals surface area contributed by atoms with Crippen LogP contribution >= 0.6 is 11.6 Å². The van der Waals surface area contributed by atoms with Gasteiger partial charge in [-0.3, -0.25) is 9.59 Å². The molecule has 2 amide bonds. The number of alkyl halides is 4. The summed E-state index contributed by atoms with van der Waals surface area (Å²) in [5.74, 6) is -0.0993. The highest BCUT2D eigenvalue weighted by Crippen LogP contribution is 2.64. The molecule has 0 spiro atoms. The van der Waals surface area contributed by atoms with Crippen LogP contribution in [0.3, 0.4) is 0 Å². The van der Waals surface area contributed by atoms with Gasteiger partial charge in [0.1, 0.15) is 0 Å². The topological polar surface area (TPSA) is 58.2 Å². The molecule has 4 nitrogen and oxygen atoms in total. The van der Waals surface area contributed by atoms with Crippen molar-refractivity contribution in [2.24, 2.45) is 17.3 Å². The van der Waals surface area contributed by atoms with Gasteiger partial charge in [0.2, 0.25) is 11.8 Å². The molecule has 0 aromatic heterocycles. The van der Waals surface area contributed by atoms with E-state index in [9.17, 15) is 22.8 Å². The number of amides is 2. The molecule has 5 rings (SSSR count). The fourth-order valence-corrected chi connectivity index (χ4v) is 6.53. The molecule has 4 saturated carbocycles. The fourth-order valence-electron chi connectivity index (χ4n) is 5.84. The van der Waals surface area contributed by atoms with Crippen LogP contribution in [0.15, 0.2) is 18.2 Å². The zero-order chi connectivity index (χ0) is 20.3. The highest BCUT2D eigenvalue weighted by atomic mass is 35.5. The Morgan fingerprint density at radius 1 is 1.11 bits per heavy atom. The molecule has 1 aromatic rings. The summed E-state index contributed by atoms with van der Waals surface area (Å²) in [4.78, 5) is 23.9. The normalized spacial score (nSPS) is 33.6. The average Bonchev–Trinajstić information content (AvgIpc) is 2.52. The summed E-state index contributed by atoms with van der Waals surface area (Å²) in [6, 6.07) is 3.40. The third-order valence-electron chi connectivity index (χ3n) is 6.36. The number of nitrogens with one attached hydrogen (secondary N) is 2. The lowest BCUT2D eigenvalue weighted by Gasteiger charge is -2.59. The van der Waals surface area contributed by atoms with Crippen molar-refractivity contribution >= 4 is 34.8 Å². The third kappa shape index (κ3) is 3.49. The summed E-state index contributed by atoms with van der Waals surface area (Å²) in [5.41, 5.74) is -1.92. The Morgan fingerprint density at radius 2 is 1.75 bits per heavy atom. The van der Waals surface area contributed by atoms with Crippen LogP contribution in [0.5, 0.6) is 0 Å². The van der Waals surface area contributed by atoms with Gasteiger partial charge in [-0.1, -0.05) is 0 Å². The second-order valence-electron chi connectivity index (χ2n) is 8.79. The van der Waals surface area contributed by atoms with Crippen molar-refractivity contribution < 1.29 is 22.8 Å². The third-order valence-corrected chi connectivity index (χ3v) is 6.81. The van der Waals surface area contributed by atoms with Crippen LogP contribution in [0, 0.1) is 17.3 Å². The quantitative estimate of drug-likeness (QED) is 0.669. The summed E-state index contributed by atoms with van der Waals surface area (Å²) in [6.45, 7) is 1.22. The maximum Gasteiger partial charge on any atom is 0.418 e. The number of benzene rings is 1. The number of carbonyl (C=O) groups is 2. The Balaban J connectivity index is 1.62. The second kappa shape index (κ2) is 6.37.